The topological polar surface area (TPSA) is 35.5 Å². The minimum absolute atomic E-state index is 0.0239. The fourth-order valence-corrected chi connectivity index (χ4v) is 9.71. The summed E-state index contributed by atoms with van der Waals surface area (Å²) in [7, 11) is -2.50. The van der Waals surface area contributed by atoms with Crippen LogP contribution in [0.3, 0.4) is 0 Å². The van der Waals surface area contributed by atoms with Crippen LogP contribution in [0.25, 0.3) is 0 Å². The Morgan fingerprint density at radius 1 is 1.04 bits per heavy atom. The Morgan fingerprint density at radius 3 is 2.04 bits per heavy atom. The molecule has 2 aromatic rings. The summed E-state index contributed by atoms with van der Waals surface area (Å²) in [5.74, 6) is 0.180. The van der Waals surface area contributed by atoms with Crippen molar-refractivity contribution in [2.75, 3.05) is 11.0 Å². The third-order valence-corrected chi connectivity index (χ3v) is 11.5. The molecule has 1 fully saturated rings. The maximum Gasteiger partial charge on any atom is 0.306 e. The fraction of sp³-hybridized carbons (Fsp3) is 0.435. The lowest BCUT2D eigenvalue weighted by Crippen LogP contribution is -2.66. The zero-order chi connectivity index (χ0) is 20.2. The lowest BCUT2D eigenvalue weighted by Gasteiger charge is -2.43. The van der Waals surface area contributed by atoms with E-state index >= 15 is 0 Å². The van der Waals surface area contributed by atoms with Crippen LogP contribution in [0.1, 0.15) is 33.6 Å². The van der Waals surface area contributed by atoms with Crippen LogP contribution in [-0.4, -0.2) is 31.4 Å². The van der Waals surface area contributed by atoms with Gasteiger partial charge < -0.3 is 9.16 Å². The monoisotopic (exact) mass is 508 g/mol. The summed E-state index contributed by atoms with van der Waals surface area (Å²) in [5.41, 5.74) is 0. The van der Waals surface area contributed by atoms with Crippen molar-refractivity contribution < 1.29 is 14.0 Å². The van der Waals surface area contributed by atoms with Gasteiger partial charge in [0, 0.05) is 17.0 Å². The highest BCUT2D eigenvalue weighted by molar-refractivity contribution is 14.1. The maximum absolute atomic E-state index is 11.7. The number of carbonyl (C=O) groups is 1. The van der Waals surface area contributed by atoms with Gasteiger partial charge in [-0.15, -0.1) is 0 Å². The first-order valence-corrected chi connectivity index (χ1v) is 13.3. The van der Waals surface area contributed by atoms with E-state index in [0.717, 1.165) is 10.8 Å². The molecule has 0 unspecified atom stereocenters. The summed E-state index contributed by atoms with van der Waals surface area (Å²) < 4.78 is 13.2. The van der Waals surface area contributed by atoms with Crippen LogP contribution in [0.2, 0.25) is 5.04 Å². The molecule has 2 atom stereocenters. The van der Waals surface area contributed by atoms with Gasteiger partial charge in [0.05, 0.1) is 6.42 Å². The van der Waals surface area contributed by atoms with Gasteiger partial charge in [-0.05, 0) is 21.8 Å². The van der Waals surface area contributed by atoms with E-state index in [2.05, 4.69) is 104 Å². The van der Waals surface area contributed by atoms with Crippen LogP contribution >= 0.6 is 22.6 Å². The molecule has 1 aliphatic heterocycles. The molecule has 0 radical (unpaired) electrons. The van der Waals surface area contributed by atoms with Gasteiger partial charge in [-0.25, -0.2) is 0 Å². The third-order valence-electron chi connectivity index (χ3n) is 5.61. The van der Waals surface area contributed by atoms with Crippen molar-refractivity contribution in [2.24, 2.45) is 5.92 Å². The molecule has 150 valence electrons. The minimum Gasteiger partial charge on any atom is -0.461 e. The van der Waals surface area contributed by atoms with Crippen LogP contribution in [0.4, 0.5) is 0 Å². The Morgan fingerprint density at radius 2 is 1.57 bits per heavy atom. The van der Waals surface area contributed by atoms with Gasteiger partial charge in [0.1, 0.15) is 6.10 Å². The lowest BCUT2D eigenvalue weighted by atomic mass is 9.99. The summed E-state index contributed by atoms with van der Waals surface area (Å²) in [6.07, 6.45) is 1.39. The molecule has 1 aliphatic rings. The molecule has 5 heteroatoms. The second kappa shape index (κ2) is 9.09. The van der Waals surface area contributed by atoms with Crippen LogP contribution in [0.15, 0.2) is 60.7 Å². The summed E-state index contributed by atoms with van der Waals surface area (Å²) in [6, 6.07) is 21.4. The first-order chi connectivity index (χ1) is 13.4. The number of esters is 1. The number of ether oxygens (including phenoxy) is 1. The first kappa shape index (κ1) is 21.5. The molecular weight excluding hydrogens is 479 g/mol. The van der Waals surface area contributed by atoms with E-state index in [-0.39, 0.29) is 23.0 Å². The van der Waals surface area contributed by atoms with Crippen LogP contribution in [-0.2, 0) is 14.0 Å². The molecule has 1 saturated heterocycles. The molecule has 3 rings (SSSR count). The van der Waals surface area contributed by atoms with E-state index in [1.165, 1.54) is 10.4 Å². The molecule has 0 spiro atoms. The van der Waals surface area contributed by atoms with Crippen molar-refractivity contribution in [1.82, 2.24) is 0 Å². The number of rotatable bonds is 7. The molecule has 0 saturated carbocycles. The number of carbonyl (C=O) groups excluding carboxylic acids is 1. The van der Waals surface area contributed by atoms with Gasteiger partial charge >= 0.3 is 5.97 Å². The largest absolute Gasteiger partial charge is 0.461 e. The standard InChI is InChI=1S/C23H29IO3Si/c1-23(2,3)28(19-10-6-4-7-11-19,20-12-8-5-9-13-20)26-15-14-18-16-22(25)27-21(18)17-24/h4-13,18,21H,14-17H2,1-3H3/t18-,21+/m0/s1. The van der Waals surface area contributed by atoms with Crippen molar-refractivity contribution in [3.63, 3.8) is 0 Å². The van der Waals surface area contributed by atoms with E-state index in [1.54, 1.807) is 0 Å². The average molecular weight is 508 g/mol. The molecule has 3 nitrogen and oxygen atoms in total. The highest BCUT2D eigenvalue weighted by atomic mass is 127. The maximum atomic E-state index is 11.7. The smallest absolute Gasteiger partial charge is 0.306 e. The SMILES string of the molecule is CC(C)(C)[Si](OCC[C@H]1CC(=O)O[C@@H]1CI)(c1ccccc1)c1ccccc1. The lowest BCUT2D eigenvalue weighted by molar-refractivity contribution is -0.140. The van der Waals surface area contributed by atoms with E-state index in [0.29, 0.717) is 13.0 Å². The van der Waals surface area contributed by atoms with Crippen molar-refractivity contribution in [3.05, 3.63) is 60.7 Å². The summed E-state index contributed by atoms with van der Waals surface area (Å²) >= 11 is 2.30. The zero-order valence-electron chi connectivity index (χ0n) is 16.9. The molecule has 0 aromatic heterocycles. The number of hydrogen-bond donors (Lipinski definition) is 0. The van der Waals surface area contributed by atoms with Crippen LogP contribution < -0.4 is 10.4 Å². The van der Waals surface area contributed by atoms with Gasteiger partial charge in [0.2, 0.25) is 0 Å². The second-order valence-corrected chi connectivity index (χ2v) is 13.6. The Hall–Kier alpha value is -1.18. The van der Waals surface area contributed by atoms with E-state index in [1.807, 2.05) is 0 Å². The van der Waals surface area contributed by atoms with E-state index in [9.17, 15) is 4.79 Å². The van der Waals surface area contributed by atoms with Crippen molar-refractivity contribution >= 4 is 47.3 Å². The number of cyclic esters (lactones) is 1. The van der Waals surface area contributed by atoms with E-state index in [4.69, 9.17) is 9.16 Å². The van der Waals surface area contributed by atoms with Gasteiger partial charge in [-0.2, -0.15) is 0 Å². The van der Waals surface area contributed by atoms with Gasteiger partial charge in [-0.1, -0.05) is 104 Å². The van der Waals surface area contributed by atoms with Crippen LogP contribution in [0.5, 0.6) is 0 Å². The van der Waals surface area contributed by atoms with Gasteiger partial charge in [-0.3, -0.25) is 4.79 Å². The van der Waals surface area contributed by atoms with Crippen molar-refractivity contribution in [3.8, 4) is 0 Å². The van der Waals surface area contributed by atoms with Crippen LogP contribution in [0, 0.1) is 5.92 Å². The number of hydrogen-bond acceptors (Lipinski definition) is 3. The van der Waals surface area contributed by atoms with Gasteiger partial charge in [0.25, 0.3) is 8.32 Å². The molecule has 0 amide bonds. The van der Waals surface area contributed by atoms with Crippen molar-refractivity contribution in [2.45, 2.75) is 44.8 Å². The first-order valence-electron chi connectivity index (χ1n) is 9.89. The Labute approximate surface area is 183 Å². The molecule has 28 heavy (non-hydrogen) atoms. The molecular formula is C23H29IO3Si. The summed E-state index contributed by atoms with van der Waals surface area (Å²) in [5, 5.41) is 2.55. The Bertz CT molecular complexity index is 734. The normalized spacial score (nSPS) is 20.2. The predicted molar refractivity (Wildman–Crippen MR) is 125 cm³/mol. The minimum atomic E-state index is -2.50. The van der Waals surface area contributed by atoms with Crippen molar-refractivity contribution in [1.29, 1.82) is 0 Å². The molecule has 1 heterocycles. The molecule has 2 aromatic carbocycles. The quantitative estimate of drug-likeness (QED) is 0.242. The number of halogens is 1. The Balaban J connectivity index is 1.92. The predicted octanol–water partition coefficient (Wildman–Crippen LogP) is 4.32. The third kappa shape index (κ3) is 4.36. The second-order valence-electron chi connectivity index (χ2n) is 8.45. The fourth-order valence-electron chi connectivity index (χ4n) is 4.23. The Kier molecular flexibility index (Phi) is 6.99. The molecule has 0 aliphatic carbocycles. The van der Waals surface area contributed by atoms with Gasteiger partial charge in [0.15, 0.2) is 0 Å². The summed E-state index contributed by atoms with van der Waals surface area (Å²) in [6.45, 7) is 7.50. The average Bonchev–Trinajstić information content (AvgIpc) is 3.05. The summed E-state index contributed by atoms with van der Waals surface area (Å²) in [4.78, 5) is 11.7. The number of benzene rings is 2. The highest BCUT2D eigenvalue weighted by Gasteiger charge is 2.50. The van der Waals surface area contributed by atoms with E-state index < -0.39 is 8.32 Å². The molecule has 0 bridgehead atoms. The number of alkyl halides is 1. The zero-order valence-corrected chi connectivity index (χ0v) is 20.0. The highest BCUT2D eigenvalue weighted by Crippen LogP contribution is 2.37. The molecule has 0 N–H and O–H groups in total.